The van der Waals surface area contributed by atoms with E-state index in [1.165, 1.54) is 32.6 Å². The Labute approximate surface area is 79.9 Å². The lowest BCUT2D eigenvalue weighted by Gasteiger charge is -2.20. The predicted octanol–water partition coefficient (Wildman–Crippen LogP) is 3.45. The summed E-state index contributed by atoms with van der Waals surface area (Å²) in [6.07, 6.45) is 6.00. The highest BCUT2D eigenvalue weighted by atomic mass is 19.1. The Morgan fingerprint density at radius 2 is 1.77 bits per heavy atom. The van der Waals surface area contributed by atoms with Crippen molar-refractivity contribution in [2.24, 2.45) is 11.8 Å². The Bertz CT molecular complexity index is 175. The number of rotatable bonds is 2. The maximum absolute atomic E-state index is 13.1. The first-order valence-electron chi connectivity index (χ1n) is 5.29. The normalized spacial score (nSPS) is 24.4. The van der Waals surface area contributed by atoms with E-state index < -0.39 is 6.17 Å². The Morgan fingerprint density at radius 3 is 2.15 bits per heavy atom. The third-order valence-corrected chi connectivity index (χ3v) is 3.05. The number of hydrogen-bond donors (Lipinski definition) is 0. The maximum Gasteiger partial charge on any atom is 0.113 e. The molecular formula is C11H18FN. The van der Waals surface area contributed by atoms with E-state index in [1.54, 1.807) is 0 Å². The lowest BCUT2D eigenvalue weighted by molar-refractivity contribution is 0.211. The van der Waals surface area contributed by atoms with E-state index in [-0.39, 0.29) is 5.92 Å². The Balaban J connectivity index is 2.51. The second-order valence-corrected chi connectivity index (χ2v) is 4.08. The topological polar surface area (TPSA) is 23.8 Å². The fourth-order valence-corrected chi connectivity index (χ4v) is 2.25. The second kappa shape index (κ2) is 5.21. The lowest BCUT2D eigenvalue weighted by Crippen LogP contribution is -2.20. The molecule has 0 heterocycles. The third-order valence-electron chi connectivity index (χ3n) is 3.05. The zero-order chi connectivity index (χ0) is 9.68. The molecular weight excluding hydrogens is 165 g/mol. The molecule has 0 aromatic heterocycles. The highest BCUT2D eigenvalue weighted by Gasteiger charge is 2.27. The lowest BCUT2D eigenvalue weighted by atomic mass is 9.84. The molecule has 0 spiro atoms. The molecule has 0 aromatic rings. The van der Waals surface area contributed by atoms with E-state index in [4.69, 9.17) is 5.26 Å². The van der Waals surface area contributed by atoms with Gasteiger partial charge in [-0.25, -0.2) is 4.39 Å². The predicted molar refractivity (Wildman–Crippen MR) is 50.9 cm³/mol. The van der Waals surface area contributed by atoms with E-state index in [0.717, 1.165) is 12.8 Å². The standard InChI is InChI=1S/C11H18FN/c1-9(12)11(8-13)10-6-4-2-3-5-7-10/h9-11H,2-7H2,1H3. The van der Waals surface area contributed by atoms with Gasteiger partial charge in [0.25, 0.3) is 0 Å². The molecule has 0 aromatic carbocycles. The molecule has 0 bridgehead atoms. The second-order valence-electron chi connectivity index (χ2n) is 4.08. The average molecular weight is 183 g/mol. The first-order valence-corrected chi connectivity index (χ1v) is 5.29. The summed E-state index contributed by atoms with van der Waals surface area (Å²) < 4.78 is 13.1. The van der Waals surface area contributed by atoms with Crippen LogP contribution in [-0.4, -0.2) is 6.17 Å². The molecule has 1 nitrogen and oxygen atoms in total. The summed E-state index contributed by atoms with van der Waals surface area (Å²) in [4.78, 5) is 0. The number of alkyl halides is 1. The Hall–Kier alpha value is -0.580. The minimum Gasteiger partial charge on any atom is -0.246 e. The van der Waals surface area contributed by atoms with Crippen LogP contribution in [0, 0.1) is 23.2 Å². The van der Waals surface area contributed by atoms with E-state index in [2.05, 4.69) is 6.07 Å². The van der Waals surface area contributed by atoms with Crippen LogP contribution in [0.5, 0.6) is 0 Å². The molecule has 2 unspecified atom stereocenters. The fraction of sp³-hybridized carbons (Fsp3) is 0.909. The summed E-state index contributed by atoms with van der Waals surface area (Å²) in [5, 5.41) is 8.85. The summed E-state index contributed by atoms with van der Waals surface area (Å²) in [5.41, 5.74) is 0. The first-order chi connectivity index (χ1) is 6.25. The molecule has 0 N–H and O–H groups in total. The molecule has 1 aliphatic carbocycles. The number of hydrogen-bond acceptors (Lipinski definition) is 1. The van der Waals surface area contributed by atoms with Crippen LogP contribution in [-0.2, 0) is 0 Å². The van der Waals surface area contributed by atoms with Crippen molar-refractivity contribution < 1.29 is 4.39 Å². The quantitative estimate of drug-likeness (QED) is 0.601. The van der Waals surface area contributed by atoms with Gasteiger partial charge in [-0.3, -0.25) is 0 Å². The van der Waals surface area contributed by atoms with Crippen molar-refractivity contribution in [3.8, 4) is 6.07 Å². The van der Waals surface area contributed by atoms with Crippen LogP contribution in [0.3, 0.4) is 0 Å². The minimum absolute atomic E-state index is 0.312. The van der Waals surface area contributed by atoms with Crippen LogP contribution < -0.4 is 0 Å². The van der Waals surface area contributed by atoms with Gasteiger partial charge in [-0.2, -0.15) is 5.26 Å². The summed E-state index contributed by atoms with van der Waals surface area (Å²) in [6, 6.07) is 2.12. The number of nitrogens with zero attached hydrogens (tertiary/aromatic N) is 1. The van der Waals surface area contributed by atoms with Crippen LogP contribution in [0.25, 0.3) is 0 Å². The molecule has 0 saturated heterocycles. The number of halogens is 1. The molecule has 1 rings (SSSR count). The van der Waals surface area contributed by atoms with Crippen molar-refractivity contribution in [2.45, 2.75) is 51.6 Å². The summed E-state index contributed by atoms with van der Waals surface area (Å²) in [7, 11) is 0. The molecule has 2 atom stereocenters. The van der Waals surface area contributed by atoms with Gasteiger partial charge in [0.05, 0.1) is 12.0 Å². The minimum atomic E-state index is -0.965. The van der Waals surface area contributed by atoms with Gasteiger partial charge in [-0.1, -0.05) is 25.7 Å². The molecule has 0 radical (unpaired) electrons. The average Bonchev–Trinajstić information content (AvgIpc) is 2.33. The van der Waals surface area contributed by atoms with Crippen molar-refractivity contribution in [3.05, 3.63) is 0 Å². The van der Waals surface area contributed by atoms with E-state index in [1.807, 2.05) is 0 Å². The van der Waals surface area contributed by atoms with Crippen molar-refractivity contribution >= 4 is 0 Å². The molecule has 1 fully saturated rings. The molecule has 1 saturated carbocycles. The van der Waals surface area contributed by atoms with Gasteiger partial charge in [-0.15, -0.1) is 0 Å². The van der Waals surface area contributed by atoms with Gasteiger partial charge in [-0.05, 0) is 25.7 Å². The van der Waals surface area contributed by atoms with Gasteiger partial charge < -0.3 is 0 Å². The SMILES string of the molecule is CC(F)C(C#N)C1CCCCCC1. The molecule has 2 heteroatoms. The zero-order valence-electron chi connectivity index (χ0n) is 8.30. The zero-order valence-corrected chi connectivity index (χ0v) is 8.30. The summed E-state index contributed by atoms with van der Waals surface area (Å²) in [6.45, 7) is 1.51. The molecule has 0 amide bonds. The number of nitriles is 1. The van der Waals surface area contributed by atoms with Crippen LogP contribution in [0.2, 0.25) is 0 Å². The highest BCUT2D eigenvalue weighted by Crippen LogP contribution is 2.31. The van der Waals surface area contributed by atoms with Crippen LogP contribution in [0.4, 0.5) is 4.39 Å². The summed E-state index contributed by atoms with van der Waals surface area (Å²) in [5.74, 6) is -0.0504. The van der Waals surface area contributed by atoms with Crippen LogP contribution >= 0.6 is 0 Å². The fourth-order valence-electron chi connectivity index (χ4n) is 2.25. The molecule has 0 aliphatic heterocycles. The highest BCUT2D eigenvalue weighted by molar-refractivity contribution is 4.92. The molecule has 13 heavy (non-hydrogen) atoms. The van der Waals surface area contributed by atoms with E-state index in [9.17, 15) is 4.39 Å². The first kappa shape index (κ1) is 10.5. The van der Waals surface area contributed by atoms with Crippen LogP contribution in [0.1, 0.15) is 45.4 Å². The van der Waals surface area contributed by atoms with E-state index >= 15 is 0 Å². The Morgan fingerprint density at radius 1 is 1.23 bits per heavy atom. The van der Waals surface area contributed by atoms with Crippen molar-refractivity contribution in [2.75, 3.05) is 0 Å². The van der Waals surface area contributed by atoms with Gasteiger partial charge in [0.15, 0.2) is 0 Å². The van der Waals surface area contributed by atoms with Gasteiger partial charge in [0.2, 0.25) is 0 Å². The van der Waals surface area contributed by atoms with Crippen molar-refractivity contribution in [1.82, 2.24) is 0 Å². The Kier molecular flexibility index (Phi) is 4.21. The maximum atomic E-state index is 13.1. The van der Waals surface area contributed by atoms with Gasteiger partial charge in [0, 0.05) is 0 Å². The molecule has 1 aliphatic rings. The van der Waals surface area contributed by atoms with E-state index in [0.29, 0.717) is 5.92 Å². The van der Waals surface area contributed by atoms with Crippen molar-refractivity contribution in [3.63, 3.8) is 0 Å². The monoisotopic (exact) mass is 183 g/mol. The van der Waals surface area contributed by atoms with Gasteiger partial charge in [0.1, 0.15) is 6.17 Å². The summed E-state index contributed by atoms with van der Waals surface area (Å²) >= 11 is 0. The smallest absolute Gasteiger partial charge is 0.113 e. The van der Waals surface area contributed by atoms with Crippen LogP contribution in [0.15, 0.2) is 0 Å². The van der Waals surface area contributed by atoms with Gasteiger partial charge >= 0.3 is 0 Å². The van der Waals surface area contributed by atoms with Crippen molar-refractivity contribution in [1.29, 1.82) is 5.26 Å². The third kappa shape index (κ3) is 2.99. The molecule has 74 valence electrons. The largest absolute Gasteiger partial charge is 0.246 e.